The minimum Gasteiger partial charge on any atom is -0.508 e. The van der Waals surface area contributed by atoms with Crippen LogP contribution in [0.3, 0.4) is 0 Å². The number of rotatable bonds is 9. The van der Waals surface area contributed by atoms with Gasteiger partial charge in [-0.2, -0.15) is 0 Å². The molecule has 0 unspecified atom stereocenters. The molecule has 3 aromatic carbocycles. The Balaban J connectivity index is 1.39. The number of phenolic OH excluding ortho intramolecular Hbond substituents is 1. The third kappa shape index (κ3) is 6.61. The first kappa shape index (κ1) is 31.5. The lowest BCUT2D eigenvalue weighted by Gasteiger charge is -2.35. The van der Waals surface area contributed by atoms with Crippen molar-refractivity contribution in [1.82, 2.24) is 15.5 Å². The highest BCUT2D eigenvalue weighted by Gasteiger charge is 2.55. The van der Waals surface area contributed by atoms with E-state index in [1.807, 2.05) is 37.3 Å². The first-order valence-electron chi connectivity index (χ1n) is 14.9. The summed E-state index contributed by atoms with van der Waals surface area (Å²) < 4.78 is 13.4. The number of carbonyl (C=O) groups is 3. The van der Waals surface area contributed by atoms with Gasteiger partial charge in [-0.1, -0.05) is 55.3 Å². The van der Waals surface area contributed by atoms with Crippen molar-refractivity contribution in [2.75, 3.05) is 5.88 Å². The maximum atomic E-state index is 14.1. The van der Waals surface area contributed by atoms with Gasteiger partial charge < -0.3 is 25.7 Å². The SMILES string of the molecule is Cc1ccc(F)cc1CNC(=O)[C@H]1N(C(=O)[C@@H](O)[C@H](Cc2ccccc2)NC(=O)c2cccc(O)c2C)CSC12CCCC2. The van der Waals surface area contributed by atoms with Crippen LogP contribution in [0.25, 0.3) is 0 Å². The zero-order valence-corrected chi connectivity index (χ0v) is 25.7. The second kappa shape index (κ2) is 13.4. The fourth-order valence-electron chi connectivity index (χ4n) is 6.27. The Morgan fingerprint density at radius 3 is 2.50 bits per heavy atom. The molecule has 232 valence electrons. The summed E-state index contributed by atoms with van der Waals surface area (Å²) in [6, 6.07) is 16.4. The number of nitrogens with zero attached hydrogens (tertiary/aromatic N) is 1. The highest BCUT2D eigenvalue weighted by atomic mass is 32.2. The maximum Gasteiger partial charge on any atom is 0.254 e. The van der Waals surface area contributed by atoms with Crippen LogP contribution in [-0.2, 0) is 22.6 Å². The number of phenols is 1. The molecule has 2 fully saturated rings. The predicted octanol–water partition coefficient (Wildman–Crippen LogP) is 4.38. The highest BCUT2D eigenvalue weighted by molar-refractivity contribution is 8.01. The van der Waals surface area contributed by atoms with Crippen molar-refractivity contribution in [2.45, 2.75) is 75.4 Å². The number of halogens is 1. The normalized spacial score (nSPS) is 18.6. The number of nitrogens with one attached hydrogen (secondary N) is 2. The van der Waals surface area contributed by atoms with Crippen LogP contribution >= 0.6 is 11.8 Å². The second-order valence-electron chi connectivity index (χ2n) is 11.7. The van der Waals surface area contributed by atoms with E-state index in [-0.39, 0.29) is 36.1 Å². The van der Waals surface area contributed by atoms with Crippen LogP contribution in [0.1, 0.15) is 58.3 Å². The zero-order chi connectivity index (χ0) is 31.4. The van der Waals surface area contributed by atoms with Crippen molar-refractivity contribution in [3.05, 3.63) is 100 Å². The molecular weight excluding hydrogens is 581 g/mol. The number of carbonyl (C=O) groups excluding carboxylic acids is 3. The van der Waals surface area contributed by atoms with Crippen molar-refractivity contribution in [3.63, 3.8) is 0 Å². The highest BCUT2D eigenvalue weighted by Crippen LogP contribution is 2.51. The van der Waals surface area contributed by atoms with Gasteiger partial charge in [0.05, 0.1) is 11.9 Å². The van der Waals surface area contributed by atoms with Crippen LogP contribution < -0.4 is 10.6 Å². The van der Waals surface area contributed by atoms with Gasteiger partial charge in [0.15, 0.2) is 6.10 Å². The van der Waals surface area contributed by atoms with Crippen LogP contribution in [-0.4, -0.2) is 61.6 Å². The van der Waals surface area contributed by atoms with E-state index in [1.165, 1.54) is 23.1 Å². The number of hydrogen-bond acceptors (Lipinski definition) is 6. The Morgan fingerprint density at radius 1 is 1.05 bits per heavy atom. The van der Waals surface area contributed by atoms with Crippen molar-refractivity contribution >= 4 is 29.5 Å². The number of aliphatic hydroxyl groups excluding tert-OH is 1. The van der Waals surface area contributed by atoms with E-state index in [9.17, 15) is 29.0 Å². The molecule has 8 nitrogen and oxygen atoms in total. The van der Waals surface area contributed by atoms with Crippen molar-refractivity contribution in [2.24, 2.45) is 0 Å². The smallest absolute Gasteiger partial charge is 0.254 e. The van der Waals surface area contributed by atoms with Gasteiger partial charge in [0.2, 0.25) is 5.91 Å². The Labute approximate surface area is 261 Å². The molecule has 2 aliphatic rings. The molecule has 0 radical (unpaired) electrons. The number of aromatic hydroxyl groups is 1. The van der Waals surface area contributed by atoms with Gasteiger partial charge >= 0.3 is 0 Å². The van der Waals surface area contributed by atoms with E-state index < -0.39 is 40.6 Å². The summed E-state index contributed by atoms with van der Waals surface area (Å²) in [6.07, 6.45) is 1.90. The summed E-state index contributed by atoms with van der Waals surface area (Å²) in [7, 11) is 0. The Kier molecular flexibility index (Phi) is 9.60. The van der Waals surface area contributed by atoms with E-state index in [2.05, 4.69) is 10.6 Å². The lowest BCUT2D eigenvalue weighted by atomic mass is 9.93. The minimum atomic E-state index is -1.64. The number of aliphatic hydroxyl groups is 1. The van der Waals surface area contributed by atoms with Crippen molar-refractivity contribution < 1.29 is 29.0 Å². The largest absolute Gasteiger partial charge is 0.508 e. The summed E-state index contributed by atoms with van der Waals surface area (Å²) in [5, 5.41) is 27.5. The molecule has 1 aliphatic heterocycles. The Hall–Kier alpha value is -3.89. The lowest BCUT2D eigenvalue weighted by Crippen LogP contribution is -2.59. The quantitative estimate of drug-likeness (QED) is 0.282. The number of amides is 3. The summed E-state index contributed by atoms with van der Waals surface area (Å²) in [5.74, 6) is -1.72. The van der Waals surface area contributed by atoms with E-state index in [0.717, 1.165) is 36.8 Å². The third-order valence-electron chi connectivity index (χ3n) is 8.85. The molecule has 4 N–H and O–H groups in total. The van der Waals surface area contributed by atoms with Gasteiger partial charge in [0, 0.05) is 22.4 Å². The molecule has 3 amide bonds. The third-order valence-corrected chi connectivity index (χ3v) is 10.5. The number of benzene rings is 3. The fourth-order valence-corrected chi connectivity index (χ4v) is 7.92. The van der Waals surface area contributed by atoms with E-state index in [4.69, 9.17) is 0 Å². The average molecular weight is 620 g/mol. The standard InChI is InChI=1S/C34H38FN3O5S/c1-21-13-14-25(35)18-24(21)19-36-32(42)30-34(15-6-7-16-34)44-20-38(30)33(43)29(40)27(17-23-9-4-3-5-10-23)37-31(41)26-11-8-12-28(39)22(26)2/h3-5,8-14,18,27,29-30,39-40H,6-7,15-17,19-20H2,1-2H3,(H,36,42)(H,37,41)/t27-,29-,30+/m0/s1. The molecule has 3 aromatic rings. The molecule has 10 heteroatoms. The zero-order valence-electron chi connectivity index (χ0n) is 24.9. The van der Waals surface area contributed by atoms with Crippen LogP contribution in [0.4, 0.5) is 4.39 Å². The Bertz CT molecular complexity index is 1530. The summed E-state index contributed by atoms with van der Waals surface area (Å²) in [5.41, 5.74) is 2.91. The van der Waals surface area contributed by atoms with Gasteiger partial charge in [-0.3, -0.25) is 14.4 Å². The number of hydrogen-bond donors (Lipinski definition) is 4. The molecule has 1 saturated carbocycles. The van der Waals surface area contributed by atoms with Gasteiger partial charge in [-0.15, -0.1) is 11.8 Å². The van der Waals surface area contributed by atoms with Crippen LogP contribution in [0.5, 0.6) is 5.75 Å². The molecule has 5 rings (SSSR count). The molecule has 44 heavy (non-hydrogen) atoms. The molecule has 1 spiro atoms. The Morgan fingerprint density at radius 2 is 1.77 bits per heavy atom. The molecule has 3 atom stereocenters. The fraction of sp³-hybridized carbons (Fsp3) is 0.382. The second-order valence-corrected chi connectivity index (χ2v) is 13.1. The van der Waals surface area contributed by atoms with E-state index >= 15 is 0 Å². The van der Waals surface area contributed by atoms with Gasteiger partial charge in [-0.25, -0.2) is 4.39 Å². The molecular formula is C34H38FN3O5S. The van der Waals surface area contributed by atoms with Crippen LogP contribution in [0.15, 0.2) is 66.7 Å². The van der Waals surface area contributed by atoms with Crippen LogP contribution in [0, 0.1) is 19.7 Å². The molecule has 0 bridgehead atoms. The number of thioether (sulfide) groups is 1. The van der Waals surface area contributed by atoms with Crippen molar-refractivity contribution in [1.29, 1.82) is 0 Å². The van der Waals surface area contributed by atoms with Gasteiger partial charge in [0.25, 0.3) is 11.8 Å². The van der Waals surface area contributed by atoms with Crippen molar-refractivity contribution in [3.8, 4) is 5.75 Å². The first-order chi connectivity index (χ1) is 21.1. The van der Waals surface area contributed by atoms with Gasteiger partial charge in [-0.05, 0) is 74.1 Å². The van der Waals surface area contributed by atoms with Crippen LogP contribution in [0.2, 0.25) is 0 Å². The summed E-state index contributed by atoms with van der Waals surface area (Å²) >= 11 is 1.56. The minimum absolute atomic E-state index is 0.0351. The number of aryl methyl sites for hydroxylation is 1. The van der Waals surface area contributed by atoms with Gasteiger partial charge in [0.1, 0.15) is 17.6 Å². The predicted molar refractivity (Wildman–Crippen MR) is 168 cm³/mol. The first-order valence-corrected chi connectivity index (χ1v) is 15.9. The monoisotopic (exact) mass is 619 g/mol. The summed E-state index contributed by atoms with van der Waals surface area (Å²) in [4.78, 5) is 42.7. The van der Waals surface area contributed by atoms with E-state index in [1.54, 1.807) is 36.9 Å². The average Bonchev–Trinajstić information content (AvgIpc) is 3.65. The molecule has 1 saturated heterocycles. The molecule has 0 aromatic heterocycles. The molecule has 1 aliphatic carbocycles. The summed E-state index contributed by atoms with van der Waals surface area (Å²) in [6.45, 7) is 3.58. The topological polar surface area (TPSA) is 119 Å². The van der Waals surface area contributed by atoms with E-state index in [0.29, 0.717) is 11.1 Å². The lowest BCUT2D eigenvalue weighted by molar-refractivity contribution is -0.147. The molecule has 1 heterocycles. The maximum absolute atomic E-state index is 14.1.